The lowest BCUT2D eigenvalue weighted by atomic mass is 9.98. The number of rotatable bonds is 6. The van der Waals surface area contributed by atoms with E-state index in [4.69, 9.17) is 4.74 Å². The van der Waals surface area contributed by atoms with E-state index in [2.05, 4.69) is 5.32 Å². The maximum atomic E-state index is 12.2. The van der Waals surface area contributed by atoms with Gasteiger partial charge in [0.25, 0.3) is 0 Å². The molecule has 94 valence electrons. The van der Waals surface area contributed by atoms with Crippen LogP contribution in [0, 0.1) is 5.92 Å². The van der Waals surface area contributed by atoms with Crippen molar-refractivity contribution in [1.82, 2.24) is 10.2 Å². The normalized spacial score (nSPS) is 20.8. The van der Waals surface area contributed by atoms with Crippen molar-refractivity contribution in [2.24, 2.45) is 5.92 Å². The van der Waals surface area contributed by atoms with Crippen molar-refractivity contribution in [3.63, 3.8) is 0 Å². The van der Waals surface area contributed by atoms with Gasteiger partial charge in [0.1, 0.15) is 0 Å². The molecule has 1 fully saturated rings. The Balaban J connectivity index is 2.35. The van der Waals surface area contributed by atoms with Crippen LogP contribution < -0.4 is 5.32 Å². The summed E-state index contributed by atoms with van der Waals surface area (Å²) in [6.45, 7) is 8.76. The van der Waals surface area contributed by atoms with Gasteiger partial charge in [-0.1, -0.05) is 0 Å². The maximum absolute atomic E-state index is 12.2. The van der Waals surface area contributed by atoms with Crippen LogP contribution in [-0.4, -0.2) is 50.2 Å². The van der Waals surface area contributed by atoms with Crippen LogP contribution in [0.5, 0.6) is 0 Å². The lowest BCUT2D eigenvalue weighted by Gasteiger charge is -2.28. The molecule has 0 spiro atoms. The molecule has 1 saturated heterocycles. The lowest BCUT2D eigenvalue weighted by molar-refractivity contribution is -0.136. The fraction of sp³-hybridized carbons (Fsp3) is 0.917. The molecule has 1 rings (SSSR count). The van der Waals surface area contributed by atoms with Crippen molar-refractivity contribution >= 4 is 5.91 Å². The minimum Gasteiger partial charge on any atom is -0.380 e. The summed E-state index contributed by atoms with van der Waals surface area (Å²) in [7, 11) is 0. The fourth-order valence-corrected chi connectivity index (χ4v) is 2.06. The van der Waals surface area contributed by atoms with E-state index in [1.165, 1.54) is 0 Å². The molecular weight excluding hydrogens is 204 g/mol. The van der Waals surface area contributed by atoms with Crippen LogP contribution in [0.15, 0.2) is 0 Å². The molecular formula is C12H24N2O2. The van der Waals surface area contributed by atoms with E-state index in [9.17, 15) is 4.79 Å². The van der Waals surface area contributed by atoms with Crippen molar-refractivity contribution in [1.29, 1.82) is 0 Å². The zero-order valence-corrected chi connectivity index (χ0v) is 10.5. The standard InChI is InChI=1S/C12H24N2O2/c1-3-14(8-9-16-4-2)12(15)11-6-5-7-13-10-11/h11,13H,3-10H2,1-2H3. The molecule has 1 unspecified atom stereocenters. The summed E-state index contributed by atoms with van der Waals surface area (Å²) in [6, 6.07) is 0. The zero-order chi connectivity index (χ0) is 11.8. The molecule has 4 heteroatoms. The number of piperidine rings is 1. The predicted molar refractivity (Wildman–Crippen MR) is 64.3 cm³/mol. The van der Waals surface area contributed by atoms with Gasteiger partial charge in [-0.15, -0.1) is 0 Å². The van der Waals surface area contributed by atoms with E-state index >= 15 is 0 Å². The number of nitrogens with zero attached hydrogens (tertiary/aromatic N) is 1. The smallest absolute Gasteiger partial charge is 0.227 e. The van der Waals surface area contributed by atoms with Gasteiger partial charge in [0, 0.05) is 26.2 Å². The summed E-state index contributed by atoms with van der Waals surface area (Å²) in [5.74, 6) is 0.463. The summed E-state index contributed by atoms with van der Waals surface area (Å²) >= 11 is 0. The Morgan fingerprint density at radius 1 is 1.50 bits per heavy atom. The predicted octanol–water partition coefficient (Wildman–Crippen LogP) is 0.871. The Kier molecular flexibility index (Phi) is 6.42. The van der Waals surface area contributed by atoms with Gasteiger partial charge in [-0.3, -0.25) is 4.79 Å². The summed E-state index contributed by atoms with van der Waals surface area (Å²) in [5.41, 5.74) is 0. The van der Waals surface area contributed by atoms with E-state index in [1.807, 2.05) is 18.7 Å². The number of carbonyl (C=O) groups is 1. The van der Waals surface area contributed by atoms with Gasteiger partial charge >= 0.3 is 0 Å². The van der Waals surface area contributed by atoms with Crippen molar-refractivity contribution < 1.29 is 9.53 Å². The van der Waals surface area contributed by atoms with Gasteiger partial charge in [0.15, 0.2) is 0 Å². The second-order valence-corrected chi connectivity index (χ2v) is 4.16. The Hall–Kier alpha value is -0.610. The Morgan fingerprint density at radius 3 is 2.88 bits per heavy atom. The summed E-state index contributed by atoms with van der Waals surface area (Å²) < 4.78 is 5.29. The third-order valence-corrected chi connectivity index (χ3v) is 3.05. The molecule has 1 heterocycles. The van der Waals surface area contributed by atoms with Gasteiger partial charge in [-0.05, 0) is 33.2 Å². The van der Waals surface area contributed by atoms with Crippen molar-refractivity contribution in [2.75, 3.05) is 39.4 Å². The first-order chi connectivity index (χ1) is 7.79. The minimum absolute atomic E-state index is 0.176. The summed E-state index contributed by atoms with van der Waals surface area (Å²) in [6.07, 6.45) is 2.14. The molecule has 0 aromatic rings. The largest absolute Gasteiger partial charge is 0.380 e. The van der Waals surface area contributed by atoms with Crippen LogP contribution in [0.2, 0.25) is 0 Å². The molecule has 1 amide bonds. The summed E-state index contributed by atoms with van der Waals surface area (Å²) in [5, 5.41) is 3.28. The molecule has 1 aliphatic rings. The monoisotopic (exact) mass is 228 g/mol. The fourth-order valence-electron chi connectivity index (χ4n) is 2.06. The third kappa shape index (κ3) is 4.10. The number of nitrogens with one attached hydrogen (secondary N) is 1. The third-order valence-electron chi connectivity index (χ3n) is 3.05. The van der Waals surface area contributed by atoms with Crippen molar-refractivity contribution in [3.05, 3.63) is 0 Å². The molecule has 0 saturated carbocycles. The average Bonchev–Trinajstić information content (AvgIpc) is 2.35. The highest BCUT2D eigenvalue weighted by Crippen LogP contribution is 2.13. The first kappa shape index (κ1) is 13.5. The highest BCUT2D eigenvalue weighted by atomic mass is 16.5. The first-order valence-corrected chi connectivity index (χ1v) is 6.36. The molecule has 0 aromatic heterocycles. The van der Waals surface area contributed by atoms with Crippen LogP contribution in [0.4, 0.5) is 0 Å². The number of likely N-dealkylation sites (N-methyl/N-ethyl adjacent to an activating group) is 1. The first-order valence-electron chi connectivity index (χ1n) is 6.36. The molecule has 4 nitrogen and oxygen atoms in total. The summed E-state index contributed by atoms with van der Waals surface area (Å²) in [4.78, 5) is 14.1. The van der Waals surface area contributed by atoms with Gasteiger partial charge in [0.05, 0.1) is 12.5 Å². The van der Waals surface area contributed by atoms with E-state index in [0.717, 1.165) is 45.6 Å². The molecule has 0 radical (unpaired) electrons. The van der Waals surface area contributed by atoms with Crippen molar-refractivity contribution in [2.45, 2.75) is 26.7 Å². The van der Waals surface area contributed by atoms with Gasteiger partial charge in [-0.2, -0.15) is 0 Å². The van der Waals surface area contributed by atoms with Crippen LogP contribution in [0.25, 0.3) is 0 Å². The molecule has 0 bridgehead atoms. The zero-order valence-electron chi connectivity index (χ0n) is 10.5. The SMILES string of the molecule is CCOCCN(CC)C(=O)C1CCCNC1. The number of ether oxygens (including phenoxy) is 1. The van der Waals surface area contributed by atoms with E-state index in [1.54, 1.807) is 0 Å². The molecule has 1 aliphatic heterocycles. The topological polar surface area (TPSA) is 41.6 Å². The molecule has 1 N–H and O–H groups in total. The second kappa shape index (κ2) is 7.63. The van der Waals surface area contributed by atoms with Crippen LogP contribution >= 0.6 is 0 Å². The van der Waals surface area contributed by atoms with E-state index in [0.29, 0.717) is 6.61 Å². The van der Waals surface area contributed by atoms with Gasteiger partial charge < -0.3 is 15.0 Å². The Bertz CT molecular complexity index is 203. The minimum atomic E-state index is 0.176. The Labute approximate surface area is 98.3 Å². The molecule has 1 atom stereocenters. The lowest BCUT2D eigenvalue weighted by Crippen LogP contribution is -2.44. The van der Waals surface area contributed by atoms with Crippen LogP contribution in [0.3, 0.4) is 0 Å². The van der Waals surface area contributed by atoms with Crippen LogP contribution in [0.1, 0.15) is 26.7 Å². The van der Waals surface area contributed by atoms with Gasteiger partial charge in [0.2, 0.25) is 5.91 Å². The molecule has 0 aliphatic carbocycles. The molecule has 0 aromatic carbocycles. The second-order valence-electron chi connectivity index (χ2n) is 4.16. The highest BCUT2D eigenvalue weighted by Gasteiger charge is 2.24. The van der Waals surface area contributed by atoms with Gasteiger partial charge in [-0.25, -0.2) is 0 Å². The molecule has 16 heavy (non-hydrogen) atoms. The Morgan fingerprint density at radius 2 is 2.31 bits per heavy atom. The number of amides is 1. The number of hydrogen-bond donors (Lipinski definition) is 1. The number of hydrogen-bond acceptors (Lipinski definition) is 3. The van der Waals surface area contributed by atoms with E-state index < -0.39 is 0 Å². The maximum Gasteiger partial charge on any atom is 0.227 e. The average molecular weight is 228 g/mol. The highest BCUT2D eigenvalue weighted by molar-refractivity contribution is 5.79. The van der Waals surface area contributed by atoms with E-state index in [-0.39, 0.29) is 11.8 Å². The quantitative estimate of drug-likeness (QED) is 0.686. The van der Waals surface area contributed by atoms with Crippen molar-refractivity contribution in [3.8, 4) is 0 Å². The van der Waals surface area contributed by atoms with Crippen LogP contribution in [-0.2, 0) is 9.53 Å². The number of carbonyl (C=O) groups excluding carboxylic acids is 1.